The van der Waals surface area contributed by atoms with Crippen molar-refractivity contribution in [2.75, 3.05) is 34.9 Å². The highest BCUT2D eigenvalue weighted by Crippen LogP contribution is 2.49. The molecule has 1 aliphatic carbocycles. The maximum Gasteiger partial charge on any atom is 0.161 e. The summed E-state index contributed by atoms with van der Waals surface area (Å²) in [5, 5.41) is 4.21. The average Bonchev–Trinajstić information content (AvgIpc) is 2.92. The van der Waals surface area contributed by atoms with Gasteiger partial charge in [-0.25, -0.2) is 0 Å². The van der Waals surface area contributed by atoms with Crippen LogP contribution in [-0.4, -0.2) is 51.6 Å². The number of likely N-dealkylation sites (N-methyl/N-ethyl adjacent to an activating group) is 1. The maximum absolute atomic E-state index is 5.52. The lowest BCUT2D eigenvalue weighted by atomic mass is 9.65. The van der Waals surface area contributed by atoms with E-state index in [4.69, 9.17) is 14.3 Å². The molecule has 1 heterocycles. The molecule has 1 aromatic carbocycles. The molecule has 1 aromatic rings. The topological polar surface area (TPSA) is 43.3 Å². The van der Waals surface area contributed by atoms with Crippen molar-refractivity contribution < 1.29 is 14.3 Å². The van der Waals surface area contributed by atoms with Crippen LogP contribution in [0.1, 0.15) is 31.2 Å². The minimum atomic E-state index is 0.168. The van der Waals surface area contributed by atoms with Gasteiger partial charge in [0, 0.05) is 17.9 Å². The molecule has 126 valence electrons. The Morgan fingerprint density at radius 3 is 2.61 bits per heavy atom. The van der Waals surface area contributed by atoms with Gasteiger partial charge in [-0.15, -0.1) is 0 Å². The molecule has 0 aromatic heterocycles. The van der Waals surface area contributed by atoms with E-state index in [-0.39, 0.29) is 5.41 Å². The number of likely N-dealkylation sites (tertiary alicyclic amines) is 1. The molecule has 1 saturated heterocycles. The average molecular weight is 318 g/mol. The summed E-state index contributed by atoms with van der Waals surface area (Å²) in [6.07, 6.45) is 4.23. The Bertz CT molecular complexity index is 602. The van der Waals surface area contributed by atoms with Gasteiger partial charge in [0.1, 0.15) is 7.11 Å². The zero-order valence-corrected chi connectivity index (χ0v) is 14.5. The van der Waals surface area contributed by atoms with Crippen molar-refractivity contribution in [2.24, 2.45) is 5.16 Å². The Labute approximate surface area is 138 Å². The SMILES string of the molecule is CO/N=C1\CC[C@@]2(c3ccc(OC)c(OC)c3)CCN(C)C2C1. The van der Waals surface area contributed by atoms with Crippen molar-refractivity contribution in [1.82, 2.24) is 4.90 Å². The third-order valence-corrected chi connectivity index (χ3v) is 5.55. The van der Waals surface area contributed by atoms with Crippen molar-refractivity contribution in [2.45, 2.75) is 37.1 Å². The fourth-order valence-electron chi connectivity index (χ4n) is 4.29. The first-order valence-corrected chi connectivity index (χ1v) is 8.16. The molecule has 0 spiro atoms. The predicted molar refractivity (Wildman–Crippen MR) is 90.6 cm³/mol. The number of benzene rings is 1. The summed E-state index contributed by atoms with van der Waals surface area (Å²) < 4.78 is 10.9. The first-order chi connectivity index (χ1) is 11.1. The lowest BCUT2D eigenvalue weighted by Gasteiger charge is -2.42. The lowest BCUT2D eigenvalue weighted by molar-refractivity contribution is 0.195. The molecule has 3 rings (SSSR count). The Kier molecular flexibility index (Phi) is 4.48. The summed E-state index contributed by atoms with van der Waals surface area (Å²) in [6, 6.07) is 6.84. The van der Waals surface area contributed by atoms with Gasteiger partial charge >= 0.3 is 0 Å². The van der Waals surface area contributed by atoms with E-state index in [0.717, 1.165) is 37.3 Å². The molecular weight excluding hydrogens is 292 g/mol. The first-order valence-electron chi connectivity index (χ1n) is 8.16. The third-order valence-electron chi connectivity index (χ3n) is 5.55. The number of rotatable bonds is 4. The molecule has 2 fully saturated rings. The van der Waals surface area contributed by atoms with Crippen LogP contribution in [0, 0.1) is 0 Å². The van der Waals surface area contributed by atoms with Gasteiger partial charge in [0.25, 0.3) is 0 Å². The molecular formula is C18H26N2O3. The molecule has 1 unspecified atom stereocenters. The van der Waals surface area contributed by atoms with Crippen LogP contribution in [0.2, 0.25) is 0 Å². The van der Waals surface area contributed by atoms with E-state index in [1.165, 1.54) is 17.7 Å². The molecule has 1 saturated carbocycles. The van der Waals surface area contributed by atoms with E-state index < -0.39 is 0 Å². The number of hydrogen-bond donors (Lipinski definition) is 0. The number of methoxy groups -OCH3 is 2. The number of fused-ring (bicyclic) bond motifs is 1. The Morgan fingerprint density at radius 2 is 1.91 bits per heavy atom. The Hall–Kier alpha value is -1.75. The van der Waals surface area contributed by atoms with Crippen molar-refractivity contribution in [3.8, 4) is 11.5 Å². The zero-order chi connectivity index (χ0) is 16.4. The van der Waals surface area contributed by atoms with Gasteiger partial charge in [-0.05, 0) is 50.6 Å². The van der Waals surface area contributed by atoms with E-state index in [1.54, 1.807) is 21.3 Å². The van der Waals surface area contributed by atoms with Crippen LogP contribution >= 0.6 is 0 Å². The van der Waals surface area contributed by atoms with E-state index in [9.17, 15) is 0 Å². The van der Waals surface area contributed by atoms with Crippen LogP contribution < -0.4 is 9.47 Å². The molecule has 5 nitrogen and oxygen atoms in total. The monoisotopic (exact) mass is 318 g/mol. The summed E-state index contributed by atoms with van der Waals surface area (Å²) in [5.74, 6) is 1.59. The van der Waals surface area contributed by atoms with Gasteiger partial charge in [-0.3, -0.25) is 0 Å². The highest BCUT2D eigenvalue weighted by atomic mass is 16.6. The van der Waals surface area contributed by atoms with E-state index in [1.807, 2.05) is 6.07 Å². The highest BCUT2D eigenvalue weighted by Gasteiger charge is 2.50. The molecule has 2 atom stereocenters. The van der Waals surface area contributed by atoms with E-state index >= 15 is 0 Å². The number of nitrogens with zero attached hydrogens (tertiary/aromatic N) is 2. The van der Waals surface area contributed by atoms with Gasteiger partial charge < -0.3 is 19.2 Å². The minimum Gasteiger partial charge on any atom is -0.493 e. The number of oxime groups is 1. The largest absolute Gasteiger partial charge is 0.493 e. The number of hydrogen-bond acceptors (Lipinski definition) is 5. The maximum atomic E-state index is 5.52. The second kappa shape index (κ2) is 6.40. The summed E-state index contributed by atoms with van der Waals surface area (Å²) in [7, 11) is 7.21. The quantitative estimate of drug-likeness (QED) is 0.801. The molecule has 0 amide bonds. The fraction of sp³-hybridized carbons (Fsp3) is 0.611. The second-order valence-corrected chi connectivity index (χ2v) is 6.52. The van der Waals surface area contributed by atoms with Crippen LogP contribution in [0.5, 0.6) is 11.5 Å². The van der Waals surface area contributed by atoms with E-state index in [0.29, 0.717) is 6.04 Å². The predicted octanol–water partition coefficient (Wildman–Crippen LogP) is 2.83. The second-order valence-electron chi connectivity index (χ2n) is 6.52. The smallest absolute Gasteiger partial charge is 0.161 e. The summed E-state index contributed by atoms with van der Waals surface area (Å²) in [6.45, 7) is 1.11. The van der Waals surface area contributed by atoms with Crippen LogP contribution in [0.3, 0.4) is 0 Å². The standard InChI is InChI=1S/C18H26N2O3/c1-20-10-9-18(8-7-14(19-23-4)12-17(18)20)13-5-6-15(21-2)16(11-13)22-3/h5-6,11,17H,7-10,12H2,1-4H3/b19-14+/t17?,18-/m0/s1. The van der Waals surface area contributed by atoms with Gasteiger partial charge in [-0.1, -0.05) is 11.2 Å². The van der Waals surface area contributed by atoms with E-state index in [2.05, 4.69) is 29.2 Å². The van der Waals surface area contributed by atoms with Crippen molar-refractivity contribution >= 4 is 5.71 Å². The van der Waals surface area contributed by atoms with Crippen molar-refractivity contribution in [3.63, 3.8) is 0 Å². The lowest BCUT2D eigenvalue weighted by Crippen LogP contribution is -2.46. The Morgan fingerprint density at radius 1 is 1.13 bits per heavy atom. The molecule has 0 radical (unpaired) electrons. The Balaban J connectivity index is 1.98. The molecule has 5 heteroatoms. The van der Waals surface area contributed by atoms with Crippen molar-refractivity contribution in [3.05, 3.63) is 23.8 Å². The van der Waals surface area contributed by atoms with Gasteiger partial charge in [0.15, 0.2) is 11.5 Å². The summed E-state index contributed by atoms with van der Waals surface area (Å²) in [4.78, 5) is 7.46. The minimum absolute atomic E-state index is 0.168. The zero-order valence-electron chi connectivity index (χ0n) is 14.5. The van der Waals surface area contributed by atoms with Gasteiger partial charge in [0.2, 0.25) is 0 Å². The van der Waals surface area contributed by atoms with Crippen LogP contribution in [-0.2, 0) is 10.3 Å². The summed E-state index contributed by atoms with van der Waals surface area (Å²) in [5.41, 5.74) is 2.68. The van der Waals surface area contributed by atoms with Gasteiger partial charge in [0.05, 0.1) is 19.9 Å². The van der Waals surface area contributed by atoms with Crippen LogP contribution in [0.4, 0.5) is 0 Å². The molecule has 1 aliphatic heterocycles. The van der Waals surface area contributed by atoms with Crippen LogP contribution in [0.15, 0.2) is 23.4 Å². The number of ether oxygens (including phenoxy) is 2. The third kappa shape index (κ3) is 2.67. The summed E-state index contributed by atoms with van der Waals surface area (Å²) >= 11 is 0. The molecule has 2 aliphatic rings. The van der Waals surface area contributed by atoms with Gasteiger partial charge in [-0.2, -0.15) is 0 Å². The normalized spacial score (nSPS) is 29.4. The van der Waals surface area contributed by atoms with Crippen LogP contribution in [0.25, 0.3) is 0 Å². The fourth-order valence-corrected chi connectivity index (χ4v) is 4.29. The highest BCUT2D eigenvalue weighted by molar-refractivity contribution is 5.86. The first kappa shape index (κ1) is 16.1. The molecule has 0 N–H and O–H groups in total. The van der Waals surface area contributed by atoms with Crippen molar-refractivity contribution in [1.29, 1.82) is 0 Å². The molecule has 0 bridgehead atoms. The molecule has 23 heavy (non-hydrogen) atoms.